The van der Waals surface area contributed by atoms with Gasteiger partial charge in [0.2, 0.25) is 0 Å². The number of benzene rings is 1. The van der Waals surface area contributed by atoms with Gasteiger partial charge in [-0.2, -0.15) is 0 Å². The lowest BCUT2D eigenvalue weighted by atomic mass is 9.90. The Balaban J connectivity index is 1.82. The number of aromatic amines is 1. The summed E-state index contributed by atoms with van der Waals surface area (Å²) in [6.07, 6.45) is 8.39. The molecule has 0 unspecified atom stereocenters. The summed E-state index contributed by atoms with van der Waals surface area (Å²) in [5.74, 6) is 0.642. The zero-order valence-electron chi connectivity index (χ0n) is 17.8. The largest absolute Gasteiger partial charge is 0.383 e. The highest BCUT2D eigenvalue weighted by Gasteiger charge is 2.17. The SMILES string of the molecule is C=C(CNCCOC)c1ccc(NC(=O)c2nc(NC)c[nH]2)c(C2=CCCCC2)c1. The molecule has 1 amide bonds. The fourth-order valence-corrected chi connectivity index (χ4v) is 3.48. The molecule has 0 spiro atoms. The van der Waals surface area contributed by atoms with Crippen LogP contribution in [-0.2, 0) is 4.74 Å². The quantitative estimate of drug-likeness (QED) is 0.447. The summed E-state index contributed by atoms with van der Waals surface area (Å²) >= 11 is 0. The first-order valence-corrected chi connectivity index (χ1v) is 10.4. The number of H-pyrrole nitrogens is 1. The molecule has 0 fully saturated rings. The van der Waals surface area contributed by atoms with E-state index in [1.807, 2.05) is 12.1 Å². The number of nitrogens with zero attached hydrogens (tertiary/aromatic N) is 1. The number of allylic oxidation sites excluding steroid dienone is 2. The van der Waals surface area contributed by atoms with E-state index in [1.165, 1.54) is 12.0 Å². The van der Waals surface area contributed by atoms with Gasteiger partial charge in [0.15, 0.2) is 5.82 Å². The molecule has 7 nitrogen and oxygen atoms in total. The lowest BCUT2D eigenvalue weighted by molar-refractivity contribution is 0.101. The van der Waals surface area contributed by atoms with Gasteiger partial charge in [-0.3, -0.25) is 4.79 Å². The Morgan fingerprint density at radius 3 is 2.90 bits per heavy atom. The minimum Gasteiger partial charge on any atom is -0.383 e. The number of amides is 1. The van der Waals surface area contributed by atoms with Crippen molar-refractivity contribution in [2.75, 3.05) is 44.5 Å². The van der Waals surface area contributed by atoms with Crippen molar-refractivity contribution in [3.8, 4) is 0 Å². The van der Waals surface area contributed by atoms with Crippen LogP contribution in [0, 0.1) is 0 Å². The third-order valence-corrected chi connectivity index (χ3v) is 5.18. The van der Waals surface area contributed by atoms with Gasteiger partial charge in [0, 0.05) is 44.7 Å². The van der Waals surface area contributed by atoms with Gasteiger partial charge in [-0.25, -0.2) is 4.98 Å². The van der Waals surface area contributed by atoms with E-state index in [4.69, 9.17) is 4.74 Å². The highest BCUT2D eigenvalue weighted by Crippen LogP contribution is 2.33. The lowest BCUT2D eigenvalue weighted by Gasteiger charge is -2.19. The van der Waals surface area contributed by atoms with Crippen LogP contribution in [0.2, 0.25) is 0 Å². The average molecular weight is 410 g/mol. The zero-order valence-corrected chi connectivity index (χ0v) is 17.8. The van der Waals surface area contributed by atoms with Crippen molar-refractivity contribution in [3.63, 3.8) is 0 Å². The fraction of sp³-hybridized carbons (Fsp3) is 0.391. The van der Waals surface area contributed by atoms with Crippen LogP contribution in [0.1, 0.15) is 47.4 Å². The molecule has 0 radical (unpaired) electrons. The number of ether oxygens (including phenoxy) is 1. The molecule has 3 rings (SSSR count). The summed E-state index contributed by atoms with van der Waals surface area (Å²) in [6, 6.07) is 6.10. The number of carbonyl (C=O) groups is 1. The molecule has 0 bridgehead atoms. The number of rotatable bonds is 10. The van der Waals surface area contributed by atoms with E-state index < -0.39 is 0 Å². The van der Waals surface area contributed by atoms with E-state index in [0.29, 0.717) is 19.0 Å². The molecule has 4 N–H and O–H groups in total. The van der Waals surface area contributed by atoms with Crippen LogP contribution in [0.4, 0.5) is 11.5 Å². The van der Waals surface area contributed by atoms with Crippen molar-refractivity contribution in [2.45, 2.75) is 25.7 Å². The average Bonchev–Trinajstić information content (AvgIpc) is 3.27. The lowest BCUT2D eigenvalue weighted by Crippen LogP contribution is -2.21. The molecular formula is C23H31N5O2. The second-order valence-electron chi connectivity index (χ2n) is 7.35. The molecule has 1 heterocycles. The van der Waals surface area contributed by atoms with Crippen molar-refractivity contribution >= 4 is 28.6 Å². The number of nitrogens with one attached hydrogen (secondary N) is 4. The van der Waals surface area contributed by atoms with E-state index >= 15 is 0 Å². The maximum atomic E-state index is 12.7. The smallest absolute Gasteiger partial charge is 0.291 e. The van der Waals surface area contributed by atoms with Gasteiger partial charge >= 0.3 is 0 Å². The summed E-state index contributed by atoms with van der Waals surface area (Å²) in [6.45, 7) is 6.36. The van der Waals surface area contributed by atoms with Gasteiger partial charge in [-0.1, -0.05) is 18.7 Å². The second-order valence-corrected chi connectivity index (χ2v) is 7.35. The topological polar surface area (TPSA) is 91.1 Å². The van der Waals surface area contributed by atoms with E-state index in [9.17, 15) is 4.79 Å². The first kappa shape index (κ1) is 21.8. The molecule has 1 aliphatic carbocycles. The minimum atomic E-state index is -0.262. The zero-order chi connectivity index (χ0) is 21.3. The molecule has 2 aromatic rings. The Morgan fingerprint density at radius 1 is 1.33 bits per heavy atom. The number of methoxy groups -OCH3 is 1. The Kier molecular flexibility index (Phi) is 7.82. The molecule has 1 aliphatic rings. The van der Waals surface area contributed by atoms with Crippen molar-refractivity contribution < 1.29 is 9.53 Å². The third kappa shape index (κ3) is 5.58. The summed E-state index contributed by atoms with van der Waals surface area (Å²) in [7, 11) is 3.46. The van der Waals surface area contributed by atoms with E-state index in [2.05, 4.69) is 44.6 Å². The molecule has 160 valence electrons. The highest BCUT2D eigenvalue weighted by molar-refractivity contribution is 6.03. The number of hydrogen-bond acceptors (Lipinski definition) is 5. The molecular weight excluding hydrogens is 378 g/mol. The third-order valence-electron chi connectivity index (χ3n) is 5.18. The number of carbonyl (C=O) groups excluding carboxylic acids is 1. The first-order chi connectivity index (χ1) is 14.6. The van der Waals surface area contributed by atoms with Gasteiger partial charge in [0.1, 0.15) is 5.82 Å². The number of anilines is 2. The molecule has 1 aromatic carbocycles. The van der Waals surface area contributed by atoms with Crippen molar-refractivity contribution in [3.05, 3.63) is 54.0 Å². The van der Waals surface area contributed by atoms with Crippen LogP contribution < -0.4 is 16.0 Å². The Hall–Kier alpha value is -2.90. The van der Waals surface area contributed by atoms with Crippen LogP contribution >= 0.6 is 0 Å². The van der Waals surface area contributed by atoms with Gasteiger partial charge < -0.3 is 25.7 Å². The van der Waals surface area contributed by atoms with Crippen LogP contribution in [-0.4, -0.2) is 49.7 Å². The molecule has 30 heavy (non-hydrogen) atoms. The van der Waals surface area contributed by atoms with E-state index in [1.54, 1.807) is 20.4 Å². The van der Waals surface area contributed by atoms with Gasteiger partial charge in [0.25, 0.3) is 5.91 Å². The fourth-order valence-electron chi connectivity index (χ4n) is 3.48. The van der Waals surface area contributed by atoms with Crippen molar-refractivity contribution in [2.24, 2.45) is 0 Å². The monoisotopic (exact) mass is 409 g/mol. The second kappa shape index (κ2) is 10.8. The summed E-state index contributed by atoms with van der Waals surface area (Å²) in [4.78, 5) is 19.9. The summed E-state index contributed by atoms with van der Waals surface area (Å²) < 4.78 is 5.07. The molecule has 0 saturated carbocycles. The minimum absolute atomic E-state index is 0.262. The predicted molar refractivity (Wildman–Crippen MR) is 123 cm³/mol. The van der Waals surface area contributed by atoms with E-state index in [-0.39, 0.29) is 11.7 Å². The molecule has 0 aliphatic heterocycles. The van der Waals surface area contributed by atoms with E-state index in [0.717, 1.165) is 48.2 Å². The first-order valence-electron chi connectivity index (χ1n) is 10.4. The van der Waals surface area contributed by atoms with Crippen LogP contribution in [0.5, 0.6) is 0 Å². The standard InChI is InChI=1S/C23H31N5O2/c1-16(14-25-11-12-30-3)18-9-10-20(19(13-18)17-7-5-4-6-8-17)27-23(29)22-26-15-21(24-2)28-22/h7,9-10,13,15,24-25H,1,4-6,8,11-12,14H2,2-3H3,(H,26,28)(H,27,29). The van der Waals surface area contributed by atoms with Crippen LogP contribution in [0.25, 0.3) is 11.1 Å². The Bertz CT molecular complexity index is 916. The maximum Gasteiger partial charge on any atom is 0.291 e. The normalized spacial score (nSPS) is 13.6. The molecule has 0 atom stereocenters. The summed E-state index contributed by atoms with van der Waals surface area (Å²) in [5.41, 5.74) is 5.19. The Morgan fingerprint density at radius 2 is 2.20 bits per heavy atom. The van der Waals surface area contributed by atoms with Gasteiger partial charge in [-0.05, 0) is 54.5 Å². The number of hydrogen-bond donors (Lipinski definition) is 4. The number of aromatic nitrogens is 2. The van der Waals surface area contributed by atoms with Gasteiger partial charge in [0.05, 0.1) is 6.61 Å². The van der Waals surface area contributed by atoms with Crippen molar-refractivity contribution in [1.82, 2.24) is 15.3 Å². The molecule has 1 aromatic heterocycles. The molecule has 7 heteroatoms. The highest BCUT2D eigenvalue weighted by atomic mass is 16.5. The van der Waals surface area contributed by atoms with Gasteiger partial charge in [-0.15, -0.1) is 0 Å². The maximum absolute atomic E-state index is 12.7. The van der Waals surface area contributed by atoms with Crippen LogP contribution in [0.3, 0.4) is 0 Å². The molecule has 0 saturated heterocycles. The summed E-state index contributed by atoms with van der Waals surface area (Å²) in [5, 5.41) is 9.28. The Labute approximate surface area is 178 Å². The van der Waals surface area contributed by atoms with Crippen LogP contribution in [0.15, 0.2) is 37.1 Å². The predicted octanol–water partition coefficient (Wildman–Crippen LogP) is 3.91. The van der Waals surface area contributed by atoms with Crippen molar-refractivity contribution in [1.29, 1.82) is 0 Å². The number of imidazole rings is 1.